The van der Waals surface area contributed by atoms with E-state index in [2.05, 4.69) is 22.6 Å². The Balaban J connectivity index is 1.74. The van der Waals surface area contributed by atoms with Crippen molar-refractivity contribution in [2.45, 2.75) is 6.18 Å². The van der Waals surface area contributed by atoms with Gasteiger partial charge in [-0.3, -0.25) is 0 Å². The normalized spacial score (nSPS) is 11.2. The third kappa shape index (κ3) is 7.72. The van der Waals surface area contributed by atoms with E-state index in [-0.39, 0.29) is 11.3 Å². The molecule has 0 bridgehead atoms. The molecule has 3 aromatic carbocycles. The highest BCUT2D eigenvalue weighted by Crippen LogP contribution is 2.39. The van der Waals surface area contributed by atoms with Crippen molar-refractivity contribution < 1.29 is 41.7 Å². The molecule has 0 heterocycles. The zero-order chi connectivity index (χ0) is 27.5. The molecule has 0 aromatic heterocycles. The molecule has 0 atom stereocenters. The molecule has 38 heavy (non-hydrogen) atoms. The molecule has 0 saturated heterocycles. The van der Waals surface area contributed by atoms with Crippen LogP contribution in [-0.4, -0.2) is 11.9 Å². The summed E-state index contributed by atoms with van der Waals surface area (Å²) < 4.78 is 61.1. The molecule has 3 aromatic rings. The molecular weight excluding hydrogens is 501 g/mol. The first-order valence-corrected chi connectivity index (χ1v) is 10.9. The Labute approximate surface area is 216 Å². The second-order valence-corrected chi connectivity index (χ2v) is 7.37. The third-order valence-electron chi connectivity index (χ3n) is 4.90. The van der Waals surface area contributed by atoms with Gasteiger partial charge in [-0.1, -0.05) is 55.6 Å². The lowest BCUT2D eigenvalue weighted by Crippen LogP contribution is -2.07. The fraction of sp³-hybridized carbons (Fsp3) is 0.0345. The Morgan fingerprint density at radius 2 is 1.08 bits per heavy atom. The Kier molecular flexibility index (Phi) is 9.26. The number of ether oxygens (including phenoxy) is 4. The van der Waals surface area contributed by atoms with Gasteiger partial charge in [-0.2, -0.15) is 13.2 Å². The van der Waals surface area contributed by atoms with E-state index < -0.39 is 23.7 Å². The summed E-state index contributed by atoms with van der Waals surface area (Å²) in [6, 6.07) is 17.1. The Morgan fingerprint density at radius 3 is 1.58 bits per heavy atom. The molecule has 0 spiro atoms. The second kappa shape index (κ2) is 12.8. The quantitative estimate of drug-likeness (QED) is 0.159. The molecule has 0 aliphatic rings. The Bertz CT molecular complexity index is 1350. The van der Waals surface area contributed by atoms with Gasteiger partial charge in [0, 0.05) is 12.2 Å². The first kappa shape index (κ1) is 27.5. The van der Waals surface area contributed by atoms with Crippen molar-refractivity contribution in [1.29, 1.82) is 0 Å². The molecule has 3 rings (SSSR count). The monoisotopic (exact) mass is 522 g/mol. The van der Waals surface area contributed by atoms with Crippen molar-refractivity contribution in [1.82, 2.24) is 0 Å². The summed E-state index contributed by atoms with van der Waals surface area (Å²) in [7, 11) is 0. The SMILES string of the molecule is C=CC(=O)OC=COc1ccc(-c2ccc(-c3ccc(OC=COC(=O)C=C)cc3C(F)(F)F)cc2)cc1. The van der Waals surface area contributed by atoms with Gasteiger partial charge in [0.25, 0.3) is 0 Å². The predicted octanol–water partition coefficient (Wildman–Crippen LogP) is 7.20. The van der Waals surface area contributed by atoms with Gasteiger partial charge in [-0.15, -0.1) is 0 Å². The van der Waals surface area contributed by atoms with Crippen molar-refractivity contribution in [3.8, 4) is 33.8 Å². The van der Waals surface area contributed by atoms with E-state index in [1.165, 1.54) is 18.4 Å². The Hall–Kier alpha value is -5.05. The van der Waals surface area contributed by atoms with Gasteiger partial charge in [-0.05, 0) is 46.5 Å². The molecule has 0 N–H and O–H groups in total. The van der Waals surface area contributed by atoms with Gasteiger partial charge in [0.1, 0.15) is 36.5 Å². The highest BCUT2D eigenvalue weighted by atomic mass is 19.4. The van der Waals surface area contributed by atoms with Crippen LogP contribution in [0.1, 0.15) is 5.56 Å². The average Bonchev–Trinajstić information content (AvgIpc) is 2.93. The summed E-state index contributed by atoms with van der Waals surface area (Å²) in [5, 5.41) is 0. The minimum atomic E-state index is -4.64. The number of alkyl halides is 3. The largest absolute Gasteiger partial charge is 0.462 e. The smallest absolute Gasteiger partial charge is 0.417 e. The first-order valence-electron chi connectivity index (χ1n) is 10.9. The minimum Gasteiger partial charge on any atom is -0.462 e. The molecule has 0 fully saturated rings. The molecular formula is C29H21F3O6. The van der Waals surface area contributed by atoms with Crippen LogP contribution in [0.2, 0.25) is 0 Å². The van der Waals surface area contributed by atoms with Gasteiger partial charge in [0.05, 0.1) is 5.56 Å². The van der Waals surface area contributed by atoms with Crippen LogP contribution in [0.4, 0.5) is 13.2 Å². The van der Waals surface area contributed by atoms with E-state index in [9.17, 15) is 22.8 Å². The zero-order valence-corrected chi connectivity index (χ0v) is 19.8. The van der Waals surface area contributed by atoms with Crippen LogP contribution >= 0.6 is 0 Å². The highest BCUT2D eigenvalue weighted by Gasteiger charge is 2.34. The number of hydrogen-bond acceptors (Lipinski definition) is 6. The van der Waals surface area contributed by atoms with E-state index in [0.29, 0.717) is 11.3 Å². The molecule has 194 valence electrons. The molecule has 0 aliphatic heterocycles. The molecule has 0 amide bonds. The summed E-state index contributed by atoms with van der Waals surface area (Å²) in [5.41, 5.74) is 1.05. The molecule has 0 radical (unpaired) electrons. The number of carbonyl (C=O) groups is 2. The van der Waals surface area contributed by atoms with Crippen molar-refractivity contribution in [3.63, 3.8) is 0 Å². The van der Waals surface area contributed by atoms with E-state index in [0.717, 1.165) is 48.1 Å². The second-order valence-electron chi connectivity index (χ2n) is 7.37. The maximum absolute atomic E-state index is 13.8. The van der Waals surface area contributed by atoms with Crippen molar-refractivity contribution in [2.75, 3.05) is 0 Å². The van der Waals surface area contributed by atoms with Gasteiger partial charge in [-0.25, -0.2) is 9.59 Å². The topological polar surface area (TPSA) is 71.1 Å². The number of hydrogen-bond donors (Lipinski definition) is 0. The van der Waals surface area contributed by atoms with Crippen LogP contribution in [0.25, 0.3) is 22.3 Å². The maximum atomic E-state index is 13.8. The van der Waals surface area contributed by atoms with Gasteiger partial charge in [0.2, 0.25) is 0 Å². The molecule has 6 nitrogen and oxygen atoms in total. The molecule has 0 saturated carbocycles. The fourth-order valence-corrected chi connectivity index (χ4v) is 3.15. The maximum Gasteiger partial charge on any atom is 0.417 e. The predicted molar refractivity (Wildman–Crippen MR) is 134 cm³/mol. The van der Waals surface area contributed by atoms with Gasteiger partial charge >= 0.3 is 18.1 Å². The summed E-state index contributed by atoms with van der Waals surface area (Å²) in [6.07, 6.45) is 1.46. The highest BCUT2D eigenvalue weighted by molar-refractivity contribution is 5.82. The van der Waals surface area contributed by atoms with Crippen LogP contribution in [0.15, 0.2) is 117 Å². The van der Waals surface area contributed by atoms with E-state index >= 15 is 0 Å². The van der Waals surface area contributed by atoms with E-state index in [4.69, 9.17) is 9.47 Å². The average molecular weight is 522 g/mol. The van der Waals surface area contributed by atoms with Crippen LogP contribution in [0.3, 0.4) is 0 Å². The number of carbonyl (C=O) groups excluding carboxylic acids is 2. The third-order valence-corrected chi connectivity index (χ3v) is 4.90. The first-order chi connectivity index (χ1) is 18.2. The van der Waals surface area contributed by atoms with Crippen molar-refractivity contribution in [2.24, 2.45) is 0 Å². The lowest BCUT2D eigenvalue weighted by molar-refractivity contribution is -0.137. The number of halogens is 3. The number of esters is 2. The van der Waals surface area contributed by atoms with Crippen LogP contribution < -0.4 is 9.47 Å². The minimum absolute atomic E-state index is 0.0221. The van der Waals surface area contributed by atoms with Crippen LogP contribution in [0.5, 0.6) is 11.5 Å². The Morgan fingerprint density at radius 1 is 0.632 bits per heavy atom. The molecule has 9 heteroatoms. The summed E-state index contributed by atoms with van der Waals surface area (Å²) in [6.45, 7) is 6.50. The standard InChI is InChI=1S/C29H21F3O6/c1-3-27(33)37-17-15-35-23-11-9-21(10-12-23)20-5-7-22(8-6-20)25-14-13-24(19-26(25)29(30,31)32)36-16-18-38-28(34)4-2/h3-19H,1-2H2. The van der Waals surface area contributed by atoms with Gasteiger partial charge < -0.3 is 18.9 Å². The van der Waals surface area contributed by atoms with Crippen molar-refractivity contribution >= 4 is 11.9 Å². The van der Waals surface area contributed by atoms with Crippen LogP contribution in [0, 0.1) is 0 Å². The summed E-state index contributed by atoms with van der Waals surface area (Å²) in [4.78, 5) is 22.0. The lowest BCUT2D eigenvalue weighted by atomic mass is 9.96. The molecule has 0 aliphatic carbocycles. The number of benzene rings is 3. The van der Waals surface area contributed by atoms with Crippen LogP contribution in [-0.2, 0) is 25.2 Å². The summed E-state index contributed by atoms with van der Waals surface area (Å²) >= 11 is 0. The summed E-state index contributed by atoms with van der Waals surface area (Å²) in [5.74, 6) is -0.942. The van der Waals surface area contributed by atoms with Gasteiger partial charge in [0.15, 0.2) is 0 Å². The molecule has 0 unspecified atom stereocenters. The van der Waals surface area contributed by atoms with E-state index in [1.54, 1.807) is 48.5 Å². The number of rotatable bonds is 10. The van der Waals surface area contributed by atoms with E-state index in [1.807, 2.05) is 0 Å². The lowest BCUT2D eigenvalue weighted by Gasteiger charge is -2.15. The van der Waals surface area contributed by atoms with Crippen molar-refractivity contribution in [3.05, 3.63) is 123 Å². The fourth-order valence-electron chi connectivity index (χ4n) is 3.15. The zero-order valence-electron chi connectivity index (χ0n) is 19.8.